The molecule has 4 heterocycles. The van der Waals surface area contributed by atoms with E-state index in [1.807, 2.05) is 6.92 Å². The van der Waals surface area contributed by atoms with Gasteiger partial charge in [-0.15, -0.1) is 5.10 Å². The number of rotatable bonds is 8. The predicted octanol–water partition coefficient (Wildman–Crippen LogP) is 2.37. The number of aliphatic hydroxyl groups excluding tert-OH is 1. The van der Waals surface area contributed by atoms with Gasteiger partial charge in [0.2, 0.25) is 5.13 Å². The number of ether oxygens (including phenoxy) is 4. The summed E-state index contributed by atoms with van der Waals surface area (Å²) in [4.78, 5) is 21.4. The van der Waals surface area contributed by atoms with E-state index < -0.39 is 5.91 Å². The number of nitrogens with one attached hydrogen (secondary N) is 1. The predicted molar refractivity (Wildman–Crippen MR) is 124 cm³/mol. The van der Waals surface area contributed by atoms with Crippen LogP contribution in [0.4, 0.5) is 5.13 Å². The number of nitrogens with zero attached hydrogens (tertiary/aromatic N) is 4. The Kier molecular flexibility index (Phi) is 7.85. The standard InChI is InChI=1S/C21H22ClN5O6S/c1-11-3-14(15-4-18(22)24-6-17(15)30-2)16(5-23-11)19(29)25-20-26-27-21(34-20)33-10-13-9-31-12(7-28)8-32-13/h3-6,12-13,28H,7-10H2,1-2H3,(H,25,26,29). The molecule has 180 valence electrons. The second-order valence-corrected chi connectivity index (χ2v) is 8.64. The molecule has 0 saturated carbocycles. The molecule has 2 unspecified atom stereocenters. The number of aromatic nitrogens is 4. The summed E-state index contributed by atoms with van der Waals surface area (Å²) in [6, 6.07) is 3.40. The first-order valence-corrected chi connectivity index (χ1v) is 11.4. The second-order valence-electron chi connectivity index (χ2n) is 7.31. The van der Waals surface area contributed by atoms with Gasteiger partial charge in [0.1, 0.15) is 29.7 Å². The molecule has 0 spiro atoms. The number of hydrogen-bond donors (Lipinski definition) is 2. The molecular formula is C21H22ClN5O6S. The smallest absolute Gasteiger partial charge is 0.295 e. The Labute approximate surface area is 204 Å². The Morgan fingerprint density at radius 2 is 2.00 bits per heavy atom. The summed E-state index contributed by atoms with van der Waals surface area (Å²) in [5.74, 6) is 0.0362. The van der Waals surface area contributed by atoms with E-state index in [-0.39, 0.29) is 40.9 Å². The van der Waals surface area contributed by atoms with E-state index in [4.69, 9.17) is 35.7 Å². The van der Waals surface area contributed by atoms with E-state index in [0.29, 0.717) is 41.3 Å². The summed E-state index contributed by atoms with van der Waals surface area (Å²) >= 11 is 7.16. The van der Waals surface area contributed by atoms with Crippen LogP contribution in [0.15, 0.2) is 24.5 Å². The SMILES string of the molecule is COc1cnc(Cl)cc1-c1cc(C)ncc1C(=O)Nc1nnc(OCC2COC(CO)CO2)s1. The van der Waals surface area contributed by atoms with Gasteiger partial charge in [-0.25, -0.2) is 4.98 Å². The van der Waals surface area contributed by atoms with E-state index in [1.54, 1.807) is 12.1 Å². The highest BCUT2D eigenvalue weighted by Crippen LogP contribution is 2.34. The molecule has 2 atom stereocenters. The first kappa shape index (κ1) is 24.2. The summed E-state index contributed by atoms with van der Waals surface area (Å²) in [6.07, 6.45) is 2.37. The lowest BCUT2D eigenvalue weighted by Crippen LogP contribution is -2.40. The molecule has 1 aliphatic heterocycles. The third-order valence-corrected chi connectivity index (χ3v) is 5.85. The van der Waals surface area contributed by atoms with Crippen LogP contribution in [-0.2, 0) is 9.47 Å². The van der Waals surface area contributed by atoms with Crippen molar-refractivity contribution in [3.63, 3.8) is 0 Å². The van der Waals surface area contributed by atoms with Crippen LogP contribution in [0.5, 0.6) is 10.9 Å². The zero-order valence-corrected chi connectivity index (χ0v) is 19.9. The molecular weight excluding hydrogens is 486 g/mol. The van der Waals surface area contributed by atoms with Gasteiger partial charge in [0.15, 0.2) is 0 Å². The minimum absolute atomic E-state index is 0.0910. The lowest BCUT2D eigenvalue weighted by molar-refractivity contribution is -0.152. The van der Waals surface area contributed by atoms with Crippen molar-refractivity contribution in [3.05, 3.63) is 40.9 Å². The van der Waals surface area contributed by atoms with Gasteiger partial charge in [-0.05, 0) is 30.4 Å². The maximum Gasteiger partial charge on any atom is 0.295 e. The van der Waals surface area contributed by atoms with Crippen LogP contribution in [0.3, 0.4) is 0 Å². The number of carbonyl (C=O) groups excluding carboxylic acids is 1. The fraction of sp³-hybridized carbons (Fsp3) is 0.381. The Balaban J connectivity index is 1.45. The molecule has 1 fully saturated rings. The van der Waals surface area contributed by atoms with Crippen molar-refractivity contribution in [1.82, 2.24) is 20.2 Å². The third kappa shape index (κ3) is 5.77. The number of hydrogen-bond acceptors (Lipinski definition) is 11. The van der Waals surface area contributed by atoms with Crippen LogP contribution in [-0.4, -0.2) is 76.9 Å². The number of methoxy groups -OCH3 is 1. The average Bonchev–Trinajstić information content (AvgIpc) is 3.30. The lowest BCUT2D eigenvalue weighted by atomic mass is 10.0. The minimum Gasteiger partial charge on any atom is -0.494 e. The molecule has 0 aromatic carbocycles. The Hall–Kier alpha value is -2.90. The summed E-state index contributed by atoms with van der Waals surface area (Å²) in [5.41, 5.74) is 2.21. The number of pyridine rings is 2. The first-order chi connectivity index (χ1) is 16.5. The lowest BCUT2D eigenvalue weighted by Gasteiger charge is -2.27. The van der Waals surface area contributed by atoms with Crippen molar-refractivity contribution in [2.75, 3.05) is 38.9 Å². The number of aliphatic hydroxyl groups is 1. The van der Waals surface area contributed by atoms with E-state index in [2.05, 4.69) is 25.5 Å². The zero-order chi connectivity index (χ0) is 24.1. The van der Waals surface area contributed by atoms with Crippen molar-refractivity contribution >= 4 is 34.0 Å². The van der Waals surface area contributed by atoms with Crippen LogP contribution in [0.1, 0.15) is 16.1 Å². The molecule has 1 amide bonds. The summed E-state index contributed by atoms with van der Waals surface area (Å²) in [5, 5.41) is 20.5. The van der Waals surface area contributed by atoms with Crippen LogP contribution < -0.4 is 14.8 Å². The third-order valence-electron chi connectivity index (χ3n) is 4.89. The summed E-state index contributed by atoms with van der Waals surface area (Å²) in [6.45, 7) is 2.53. The van der Waals surface area contributed by atoms with Crippen molar-refractivity contribution in [1.29, 1.82) is 0 Å². The van der Waals surface area contributed by atoms with Crippen LogP contribution in [0, 0.1) is 6.92 Å². The van der Waals surface area contributed by atoms with E-state index in [0.717, 1.165) is 11.3 Å². The molecule has 0 aliphatic carbocycles. The topological polar surface area (TPSA) is 138 Å². The quantitative estimate of drug-likeness (QED) is 0.437. The highest BCUT2D eigenvalue weighted by molar-refractivity contribution is 7.17. The number of amides is 1. The van der Waals surface area contributed by atoms with Crippen molar-refractivity contribution in [2.24, 2.45) is 0 Å². The molecule has 3 aromatic heterocycles. The van der Waals surface area contributed by atoms with Crippen molar-refractivity contribution in [3.8, 4) is 22.1 Å². The zero-order valence-electron chi connectivity index (χ0n) is 18.4. The van der Waals surface area contributed by atoms with Gasteiger partial charge in [-0.3, -0.25) is 15.1 Å². The van der Waals surface area contributed by atoms with Gasteiger partial charge < -0.3 is 24.1 Å². The van der Waals surface area contributed by atoms with Crippen molar-refractivity contribution < 1.29 is 28.8 Å². The van der Waals surface area contributed by atoms with Gasteiger partial charge in [0.05, 0.1) is 38.7 Å². The highest BCUT2D eigenvalue weighted by Gasteiger charge is 2.23. The number of carbonyl (C=O) groups is 1. The molecule has 11 nitrogen and oxygen atoms in total. The van der Waals surface area contributed by atoms with E-state index >= 15 is 0 Å². The van der Waals surface area contributed by atoms with Gasteiger partial charge in [0.25, 0.3) is 11.1 Å². The van der Waals surface area contributed by atoms with Crippen molar-refractivity contribution in [2.45, 2.75) is 19.1 Å². The Morgan fingerprint density at radius 1 is 1.21 bits per heavy atom. The number of halogens is 1. The Bertz CT molecular complexity index is 1150. The fourth-order valence-electron chi connectivity index (χ4n) is 3.19. The van der Waals surface area contributed by atoms with Gasteiger partial charge in [-0.1, -0.05) is 16.7 Å². The first-order valence-electron chi connectivity index (χ1n) is 10.2. The molecule has 1 saturated heterocycles. The van der Waals surface area contributed by atoms with Crippen LogP contribution >= 0.6 is 22.9 Å². The molecule has 2 N–H and O–H groups in total. The molecule has 0 radical (unpaired) electrons. The molecule has 0 bridgehead atoms. The molecule has 13 heteroatoms. The Morgan fingerprint density at radius 3 is 2.74 bits per heavy atom. The molecule has 34 heavy (non-hydrogen) atoms. The average molecular weight is 508 g/mol. The normalized spacial score (nSPS) is 17.9. The molecule has 4 rings (SSSR count). The minimum atomic E-state index is -0.431. The van der Waals surface area contributed by atoms with E-state index in [1.165, 1.54) is 19.5 Å². The largest absolute Gasteiger partial charge is 0.494 e. The summed E-state index contributed by atoms with van der Waals surface area (Å²) < 4.78 is 22.0. The van der Waals surface area contributed by atoms with E-state index in [9.17, 15) is 4.79 Å². The second kappa shape index (κ2) is 11.0. The monoisotopic (exact) mass is 507 g/mol. The van der Waals surface area contributed by atoms with Gasteiger partial charge in [-0.2, -0.15) is 0 Å². The van der Waals surface area contributed by atoms with Crippen LogP contribution in [0.2, 0.25) is 5.15 Å². The number of anilines is 1. The number of aryl methyl sites for hydroxylation is 1. The maximum atomic E-state index is 13.1. The van der Waals surface area contributed by atoms with Crippen LogP contribution in [0.25, 0.3) is 11.1 Å². The maximum absolute atomic E-state index is 13.1. The molecule has 3 aromatic rings. The highest BCUT2D eigenvalue weighted by atomic mass is 35.5. The molecule has 1 aliphatic rings. The fourth-order valence-corrected chi connectivity index (χ4v) is 3.94. The van der Waals surface area contributed by atoms with Gasteiger partial charge in [0, 0.05) is 23.0 Å². The van der Waals surface area contributed by atoms with Gasteiger partial charge >= 0.3 is 0 Å². The summed E-state index contributed by atoms with van der Waals surface area (Å²) in [7, 11) is 1.51.